The number of aromatic nitrogens is 2. The molecular weight excluding hydrogens is 318 g/mol. The van der Waals surface area contributed by atoms with Crippen LogP contribution in [0.3, 0.4) is 0 Å². The van der Waals surface area contributed by atoms with E-state index in [4.69, 9.17) is 4.74 Å². The van der Waals surface area contributed by atoms with Crippen molar-refractivity contribution >= 4 is 21.7 Å². The molecule has 4 nitrogen and oxygen atoms in total. The van der Waals surface area contributed by atoms with E-state index < -0.39 is 0 Å². The van der Waals surface area contributed by atoms with E-state index in [9.17, 15) is 0 Å². The number of hydrogen-bond acceptors (Lipinski definition) is 4. The molecule has 0 aliphatic heterocycles. The quantitative estimate of drug-likeness (QED) is 0.877. The Balaban J connectivity index is 2.45. The molecule has 0 bridgehead atoms. The zero-order valence-corrected chi connectivity index (χ0v) is 13.3. The smallest absolute Gasteiger partial charge is 0.144 e. The molecule has 0 atom stereocenters. The number of nitrogens with zero attached hydrogens (tertiary/aromatic N) is 2. The van der Waals surface area contributed by atoms with Gasteiger partial charge in [0.25, 0.3) is 0 Å². The number of benzene rings is 1. The average molecular weight is 336 g/mol. The van der Waals surface area contributed by atoms with Gasteiger partial charge in [-0.25, -0.2) is 9.97 Å². The highest BCUT2D eigenvalue weighted by Crippen LogP contribution is 2.31. The van der Waals surface area contributed by atoms with Gasteiger partial charge in [0.1, 0.15) is 11.6 Å². The summed E-state index contributed by atoms with van der Waals surface area (Å²) in [6.07, 6.45) is 0.696. The molecular formula is C15H18BrN3O. The second-order valence-electron chi connectivity index (χ2n) is 4.29. The minimum atomic E-state index is 0.613. The summed E-state index contributed by atoms with van der Waals surface area (Å²) in [5.74, 6) is 1.61. The van der Waals surface area contributed by atoms with Crippen molar-refractivity contribution in [3.63, 3.8) is 0 Å². The van der Waals surface area contributed by atoms with E-state index in [0.717, 1.165) is 33.9 Å². The molecule has 0 aliphatic carbocycles. The Hall–Kier alpha value is -1.46. The van der Waals surface area contributed by atoms with E-state index in [2.05, 4.69) is 31.2 Å². The van der Waals surface area contributed by atoms with Gasteiger partial charge in [0.05, 0.1) is 16.8 Å². The van der Waals surface area contributed by atoms with Crippen LogP contribution in [-0.4, -0.2) is 30.2 Å². The first-order valence-corrected chi connectivity index (χ1v) is 7.40. The van der Waals surface area contributed by atoms with Gasteiger partial charge in [-0.1, -0.05) is 30.3 Å². The molecule has 1 aromatic heterocycles. The second-order valence-corrected chi connectivity index (χ2v) is 5.08. The third-order valence-corrected chi connectivity index (χ3v) is 3.57. The van der Waals surface area contributed by atoms with Crippen LogP contribution in [-0.2, 0) is 11.2 Å². The summed E-state index contributed by atoms with van der Waals surface area (Å²) in [7, 11) is 1.68. The molecule has 1 aromatic carbocycles. The third-order valence-electron chi connectivity index (χ3n) is 2.82. The van der Waals surface area contributed by atoms with Gasteiger partial charge in [-0.15, -0.1) is 0 Å². The SMILES string of the molecule is CCNc1nc(CCOC)nc(-c2ccccc2)c1Br. The van der Waals surface area contributed by atoms with Crippen molar-refractivity contribution < 1.29 is 4.74 Å². The van der Waals surface area contributed by atoms with Gasteiger partial charge in [-0.05, 0) is 22.9 Å². The number of hydrogen-bond donors (Lipinski definition) is 1. The molecule has 1 heterocycles. The largest absolute Gasteiger partial charge is 0.384 e. The van der Waals surface area contributed by atoms with Crippen molar-refractivity contribution in [2.75, 3.05) is 25.6 Å². The highest BCUT2D eigenvalue weighted by molar-refractivity contribution is 9.10. The van der Waals surface area contributed by atoms with Gasteiger partial charge in [-0.2, -0.15) is 0 Å². The first kappa shape index (κ1) is 14.9. The average Bonchev–Trinajstić information content (AvgIpc) is 2.49. The van der Waals surface area contributed by atoms with Crippen LogP contribution in [0.25, 0.3) is 11.3 Å². The Kier molecular flexibility index (Phi) is 5.49. The molecule has 20 heavy (non-hydrogen) atoms. The van der Waals surface area contributed by atoms with Gasteiger partial charge in [0.15, 0.2) is 0 Å². The number of ether oxygens (including phenoxy) is 1. The molecule has 5 heteroatoms. The molecule has 0 amide bonds. The lowest BCUT2D eigenvalue weighted by atomic mass is 10.1. The molecule has 0 unspecified atom stereocenters. The topological polar surface area (TPSA) is 47.0 Å². The molecule has 0 spiro atoms. The van der Waals surface area contributed by atoms with Crippen molar-refractivity contribution in [1.82, 2.24) is 9.97 Å². The van der Waals surface area contributed by atoms with E-state index in [1.807, 2.05) is 37.3 Å². The van der Waals surface area contributed by atoms with Gasteiger partial charge in [0, 0.05) is 25.6 Å². The highest BCUT2D eigenvalue weighted by atomic mass is 79.9. The number of nitrogens with one attached hydrogen (secondary N) is 1. The summed E-state index contributed by atoms with van der Waals surface area (Å²) in [5, 5.41) is 3.26. The second kappa shape index (κ2) is 7.36. The van der Waals surface area contributed by atoms with Crippen molar-refractivity contribution in [3.8, 4) is 11.3 Å². The van der Waals surface area contributed by atoms with Crippen molar-refractivity contribution in [2.45, 2.75) is 13.3 Å². The lowest BCUT2D eigenvalue weighted by Crippen LogP contribution is -2.08. The number of halogens is 1. The Morgan fingerprint density at radius 3 is 2.60 bits per heavy atom. The molecule has 1 N–H and O–H groups in total. The first-order valence-electron chi connectivity index (χ1n) is 6.61. The fraction of sp³-hybridized carbons (Fsp3) is 0.333. The van der Waals surface area contributed by atoms with Crippen LogP contribution in [0.1, 0.15) is 12.7 Å². The number of rotatable bonds is 6. The molecule has 0 radical (unpaired) electrons. The molecule has 2 aromatic rings. The van der Waals surface area contributed by atoms with Crippen LogP contribution < -0.4 is 5.32 Å². The summed E-state index contributed by atoms with van der Waals surface area (Å²) < 4.78 is 6.00. The van der Waals surface area contributed by atoms with Crippen molar-refractivity contribution in [3.05, 3.63) is 40.6 Å². The van der Waals surface area contributed by atoms with E-state index in [0.29, 0.717) is 13.0 Å². The van der Waals surface area contributed by atoms with Crippen LogP contribution in [0.2, 0.25) is 0 Å². The molecule has 0 saturated carbocycles. The maximum atomic E-state index is 5.11. The molecule has 0 saturated heterocycles. The maximum Gasteiger partial charge on any atom is 0.144 e. The van der Waals surface area contributed by atoms with Crippen LogP contribution in [0.4, 0.5) is 5.82 Å². The third kappa shape index (κ3) is 3.55. The van der Waals surface area contributed by atoms with E-state index in [1.54, 1.807) is 7.11 Å². The minimum Gasteiger partial charge on any atom is -0.384 e. The first-order chi connectivity index (χ1) is 9.76. The highest BCUT2D eigenvalue weighted by Gasteiger charge is 2.13. The monoisotopic (exact) mass is 335 g/mol. The van der Waals surface area contributed by atoms with E-state index in [-0.39, 0.29) is 0 Å². The molecule has 2 rings (SSSR count). The van der Waals surface area contributed by atoms with Gasteiger partial charge in [-0.3, -0.25) is 0 Å². The Morgan fingerprint density at radius 2 is 1.95 bits per heavy atom. The number of anilines is 1. The number of methoxy groups -OCH3 is 1. The van der Waals surface area contributed by atoms with Crippen LogP contribution in [0.5, 0.6) is 0 Å². The fourth-order valence-electron chi connectivity index (χ4n) is 1.87. The summed E-state index contributed by atoms with van der Waals surface area (Å²) in [5.41, 5.74) is 1.97. The van der Waals surface area contributed by atoms with Crippen LogP contribution >= 0.6 is 15.9 Å². The summed E-state index contributed by atoms with van der Waals surface area (Å²) >= 11 is 3.60. The van der Waals surface area contributed by atoms with Crippen LogP contribution in [0.15, 0.2) is 34.8 Å². The standard InChI is InChI=1S/C15H18BrN3O/c1-3-17-15-13(16)14(11-7-5-4-6-8-11)18-12(19-15)9-10-20-2/h4-8H,3,9-10H2,1-2H3,(H,17,18,19). The van der Waals surface area contributed by atoms with E-state index >= 15 is 0 Å². The zero-order valence-electron chi connectivity index (χ0n) is 11.7. The molecule has 0 aliphatic rings. The van der Waals surface area contributed by atoms with E-state index in [1.165, 1.54) is 0 Å². The predicted octanol–water partition coefficient (Wildman–Crippen LogP) is 3.53. The Labute approximate surface area is 127 Å². The summed E-state index contributed by atoms with van der Waals surface area (Å²) in [6, 6.07) is 10.1. The summed E-state index contributed by atoms with van der Waals surface area (Å²) in [4.78, 5) is 9.18. The zero-order chi connectivity index (χ0) is 14.4. The van der Waals surface area contributed by atoms with Crippen molar-refractivity contribution in [2.24, 2.45) is 0 Å². The van der Waals surface area contributed by atoms with Crippen molar-refractivity contribution in [1.29, 1.82) is 0 Å². The summed E-state index contributed by atoms with van der Waals surface area (Å²) in [6.45, 7) is 3.47. The Morgan fingerprint density at radius 1 is 1.20 bits per heavy atom. The fourth-order valence-corrected chi connectivity index (χ4v) is 2.42. The van der Waals surface area contributed by atoms with Gasteiger partial charge < -0.3 is 10.1 Å². The maximum absolute atomic E-state index is 5.11. The van der Waals surface area contributed by atoms with Gasteiger partial charge >= 0.3 is 0 Å². The van der Waals surface area contributed by atoms with Gasteiger partial charge in [0.2, 0.25) is 0 Å². The lowest BCUT2D eigenvalue weighted by Gasteiger charge is -2.12. The normalized spacial score (nSPS) is 10.6. The molecule has 0 fully saturated rings. The Bertz CT molecular complexity index is 561. The predicted molar refractivity (Wildman–Crippen MR) is 84.9 cm³/mol. The lowest BCUT2D eigenvalue weighted by molar-refractivity contribution is 0.200. The minimum absolute atomic E-state index is 0.613. The molecule has 106 valence electrons. The van der Waals surface area contributed by atoms with Crippen LogP contribution in [0, 0.1) is 0 Å².